The topological polar surface area (TPSA) is 97.2 Å². The van der Waals surface area contributed by atoms with E-state index in [1.165, 1.54) is 33.5 Å². The lowest BCUT2D eigenvalue weighted by atomic mass is 9.75. The van der Waals surface area contributed by atoms with Crippen molar-refractivity contribution in [2.24, 2.45) is 13.0 Å². The number of rotatable bonds is 6. The smallest absolute Gasteiger partial charge is 0.246 e. The Bertz CT molecular complexity index is 1060. The van der Waals surface area contributed by atoms with Crippen LogP contribution in [0.5, 0.6) is 0 Å². The third kappa shape index (κ3) is 4.56. The van der Waals surface area contributed by atoms with Crippen LogP contribution in [-0.2, 0) is 27.3 Å². The molecule has 1 aliphatic heterocycles. The standard InChI is InChI=1S/C22H30FN5O3S/c1-27-15-18(14-26-27)32(30,31)28-12-9-22(10-13-28,20-19(23)8-5-11-24-20)16-25-21(29)17-6-3-2-4-7-17/h5,8,11,14-15,17H,2-4,6-7,9-10,12-13,16H2,1H3,(H,25,29). The summed E-state index contributed by atoms with van der Waals surface area (Å²) < 4.78 is 43.6. The van der Waals surface area contributed by atoms with Crippen molar-refractivity contribution in [2.45, 2.75) is 55.3 Å². The van der Waals surface area contributed by atoms with Crippen molar-refractivity contribution in [2.75, 3.05) is 19.6 Å². The van der Waals surface area contributed by atoms with Gasteiger partial charge in [-0.3, -0.25) is 14.5 Å². The fourth-order valence-corrected chi connectivity index (χ4v) is 6.30. The van der Waals surface area contributed by atoms with Gasteiger partial charge in [-0.25, -0.2) is 12.8 Å². The Morgan fingerprint density at radius 1 is 1.25 bits per heavy atom. The van der Waals surface area contributed by atoms with Crippen molar-refractivity contribution >= 4 is 15.9 Å². The van der Waals surface area contributed by atoms with Gasteiger partial charge in [0.15, 0.2) is 0 Å². The van der Waals surface area contributed by atoms with Gasteiger partial charge in [0, 0.05) is 50.4 Å². The minimum atomic E-state index is -3.68. The van der Waals surface area contributed by atoms with Crippen LogP contribution in [0.15, 0.2) is 35.6 Å². The lowest BCUT2D eigenvalue weighted by molar-refractivity contribution is -0.126. The Labute approximate surface area is 188 Å². The molecule has 1 saturated heterocycles. The lowest BCUT2D eigenvalue weighted by Crippen LogP contribution is -2.51. The second kappa shape index (κ2) is 9.27. The molecule has 2 aromatic heterocycles. The van der Waals surface area contributed by atoms with Crippen LogP contribution in [0.4, 0.5) is 4.39 Å². The Balaban J connectivity index is 1.52. The van der Waals surface area contributed by atoms with Crippen molar-refractivity contribution < 1.29 is 17.6 Å². The number of pyridine rings is 1. The molecule has 32 heavy (non-hydrogen) atoms. The first-order chi connectivity index (χ1) is 15.3. The summed E-state index contributed by atoms with van der Waals surface area (Å²) in [5.74, 6) is -0.422. The molecule has 0 aromatic carbocycles. The highest BCUT2D eigenvalue weighted by Crippen LogP contribution is 2.37. The molecule has 0 spiro atoms. The van der Waals surface area contributed by atoms with Crippen LogP contribution in [0.25, 0.3) is 0 Å². The van der Waals surface area contributed by atoms with Gasteiger partial charge in [-0.2, -0.15) is 9.40 Å². The summed E-state index contributed by atoms with van der Waals surface area (Å²) in [6.07, 6.45) is 10.1. The number of sulfonamides is 1. The molecule has 1 saturated carbocycles. The second-order valence-electron chi connectivity index (χ2n) is 8.92. The van der Waals surface area contributed by atoms with Gasteiger partial charge < -0.3 is 5.32 Å². The predicted molar refractivity (Wildman–Crippen MR) is 117 cm³/mol. The van der Waals surface area contributed by atoms with Crippen molar-refractivity contribution in [3.63, 3.8) is 0 Å². The molecule has 0 atom stereocenters. The number of amides is 1. The first kappa shape index (κ1) is 22.8. The van der Waals surface area contributed by atoms with E-state index in [0.29, 0.717) is 18.5 Å². The third-order valence-corrected chi connectivity index (χ3v) is 8.69. The maximum Gasteiger partial charge on any atom is 0.246 e. The predicted octanol–water partition coefficient (Wildman–Crippen LogP) is 2.37. The van der Waals surface area contributed by atoms with Gasteiger partial charge in [0.05, 0.1) is 11.9 Å². The van der Waals surface area contributed by atoms with Crippen LogP contribution in [0.2, 0.25) is 0 Å². The Kier molecular flexibility index (Phi) is 6.62. The summed E-state index contributed by atoms with van der Waals surface area (Å²) in [5.41, 5.74) is -0.459. The van der Waals surface area contributed by atoms with E-state index in [2.05, 4.69) is 15.4 Å². The summed E-state index contributed by atoms with van der Waals surface area (Å²) in [5, 5.41) is 7.01. The summed E-state index contributed by atoms with van der Waals surface area (Å²) in [7, 11) is -2.02. The van der Waals surface area contributed by atoms with E-state index in [1.807, 2.05) is 0 Å². The Morgan fingerprint density at radius 2 is 1.97 bits per heavy atom. The highest BCUT2D eigenvalue weighted by atomic mass is 32.2. The molecule has 2 fully saturated rings. The molecule has 1 N–H and O–H groups in total. The Hall–Kier alpha value is -2.33. The highest BCUT2D eigenvalue weighted by Gasteiger charge is 2.43. The van der Waals surface area contributed by atoms with Gasteiger partial charge in [0.1, 0.15) is 10.7 Å². The van der Waals surface area contributed by atoms with E-state index in [0.717, 1.165) is 32.1 Å². The summed E-state index contributed by atoms with van der Waals surface area (Å²) >= 11 is 0. The molecule has 0 unspecified atom stereocenters. The van der Waals surface area contributed by atoms with Crippen molar-refractivity contribution in [1.82, 2.24) is 24.4 Å². The van der Waals surface area contributed by atoms with Gasteiger partial charge in [-0.1, -0.05) is 19.3 Å². The largest absolute Gasteiger partial charge is 0.355 e. The van der Waals surface area contributed by atoms with Crippen molar-refractivity contribution in [3.05, 3.63) is 42.2 Å². The molecular formula is C22H30FN5O3S. The fourth-order valence-electron chi connectivity index (χ4n) is 4.87. The van der Waals surface area contributed by atoms with Gasteiger partial charge in [-0.15, -0.1) is 0 Å². The molecular weight excluding hydrogens is 433 g/mol. The molecule has 3 heterocycles. The zero-order valence-corrected chi connectivity index (χ0v) is 19.2. The zero-order valence-electron chi connectivity index (χ0n) is 18.3. The van der Waals surface area contributed by atoms with E-state index in [4.69, 9.17) is 0 Å². The summed E-state index contributed by atoms with van der Waals surface area (Å²) in [4.78, 5) is 17.2. The number of carbonyl (C=O) groups is 1. The van der Waals surface area contributed by atoms with Crippen LogP contribution in [0, 0.1) is 11.7 Å². The average molecular weight is 464 g/mol. The van der Waals surface area contributed by atoms with E-state index in [9.17, 15) is 17.6 Å². The molecule has 1 amide bonds. The number of carbonyl (C=O) groups excluding carboxylic acids is 1. The van der Waals surface area contributed by atoms with Crippen molar-refractivity contribution in [1.29, 1.82) is 0 Å². The number of nitrogens with zero attached hydrogens (tertiary/aromatic N) is 4. The van der Waals surface area contributed by atoms with Crippen LogP contribution in [0.1, 0.15) is 50.6 Å². The molecule has 174 valence electrons. The zero-order chi connectivity index (χ0) is 22.8. The van der Waals surface area contributed by atoms with Crippen LogP contribution in [0.3, 0.4) is 0 Å². The number of halogens is 1. The summed E-state index contributed by atoms with van der Waals surface area (Å²) in [6.45, 7) is 0.677. The van der Waals surface area contributed by atoms with Gasteiger partial charge in [-0.05, 0) is 37.8 Å². The van der Waals surface area contributed by atoms with E-state index in [1.54, 1.807) is 13.2 Å². The fraction of sp³-hybridized carbons (Fsp3) is 0.591. The Morgan fingerprint density at radius 3 is 2.59 bits per heavy atom. The monoisotopic (exact) mass is 463 g/mol. The first-order valence-electron chi connectivity index (χ1n) is 11.2. The number of aromatic nitrogens is 3. The molecule has 1 aliphatic carbocycles. The SMILES string of the molecule is Cn1cc(S(=O)(=O)N2CCC(CNC(=O)C3CCCCC3)(c3ncccc3F)CC2)cn1. The van der Waals surface area contributed by atoms with E-state index in [-0.39, 0.29) is 36.4 Å². The number of hydrogen-bond acceptors (Lipinski definition) is 5. The molecule has 4 rings (SSSR count). The highest BCUT2D eigenvalue weighted by molar-refractivity contribution is 7.89. The number of piperidine rings is 1. The molecule has 10 heteroatoms. The van der Waals surface area contributed by atoms with Crippen molar-refractivity contribution in [3.8, 4) is 0 Å². The molecule has 0 bridgehead atoms. The second-order valence-corrected chi connectivity index (χ2v) is 10.9. The first-order valence-corrected chi connectivity index (χ1v) is 12.6. The minimum Gasteiger partial charge on any atom is -0.355 e. The maximum atomic E-state index is 14.8. The van der Waals surface area contributed by atoms with Crippen LogP contribution in [-0.4, -0.2) is 53.0 Å². The van der Waals surface area contributed by atoms with Crippen LogP contribution < -0.4 is 5.32 Å². The molecule has 8 nitrogen and oxygen atoms in total. The lowest BCUT2D eigenvalue weighted by Gasteiger charge is -2.41. The average Bonchev–Trinajstić information content (AvgIpc) is 3.26. The maximum absolute atomic E-state index is 14.8. The molecule has 2 aliphatic rings. The quantitative estimate of drug-likeness (QED) is 0.709. The van der Waals surface area contributed by atoms with Gasteiger partial charge in [0.2, 0.25) is 15.9 Å². The summed E-state index contributed by atoms with van der Waals surface area (Å²) in [6, 6.07) is 2.90. The third-order valence-electron chi connectivity index (χ3n) is 6.84. The minimum absolute atomic E-state index is 0.000395. The van der Waals surface area contributed by atoms with Gasteiger partial charge in [0.25, 0.3) is 0 Å². The van der Waals surface area contributed by atoms with Crippen LogP contribution >= 0.6 is 0 Å². The number of nitrogens with one attached hydrogen (secondary N) is 1. The van der Waals surface area contributed by atoms with E-state index >= 15 is 0 Å². The normalized spacial score (nSPS) is 20.2. The molecule has 2 aromatic rings. The van der Waals surface area contributed by atoms with E-state index < -0.39 is 21.3 Å². The number of hydrogen-bond donors (Lipinski definition) is 1. The molecule has 0 radical (unpaired) electrons. The number of aryl methyl sites for hydroxylation is 1. The van der Waals surface area contributed by atoms with Gasteiger partial charge >= 0.3 is 0 Å².